The van der Waals surface area contributed by atoms with Crippen LogP contribution in [0.1, 0.15) is 11.3 Å². The number of rotatable bonds is 1. The lowest BCUT2D eigenvalue weighted by Crippen LogP contribution is -2.14. The second kappa shape index (κ2) is 3.94. The van der Waals surface area contributed by atoms with Gasteiger partial charge in [-0.25, -0.2) is 9.97 Å². The number of aromatic nitrogens is 2. The summed E-state index contributed by atoms with van der Waals surface area (Å²) in [5, 5.41) is 8.40. The van der Waals surface area contributed by atoms with Crippen LogP contribution in [0.3, 0.4) is 0 Å². The third-order valence-corrected chi connectivity index (χ3v) is 2.03. The maximum atomic E-state index is 12.4. The first-order valence-electron chi connectivity index (χ1n) is 3.59. The van der Waals surface area contributed by atoms with Crippen LogP contribution in [0.5, 0.6) is 0 Å². The fraction of sp³-hybridized carbons (Fsp3) is 0.286. The van der Waals surface area contributed by atoms with Crippen LogP contribution in [0.15, 0.2) is 5.16 Å². The smallest absolute Gasteiger partial charge is 0.382 e. The molecular weight excluding hydrogens is 229 g/mol. The monoisotopic (exact) mass is 234 g/mol. The van der Waals surface area contributed by atoms with Gasteiger partial charge < -0.3 is 5.73 Å². The van der Waals surface area contributed by atoms with Gasteiger partial charge in [0.05, 0.1) is 0 Å². The predicted octanol–water partition coefficient (Wildman–Crippen LogP) is 1.67. The summed E-state index contributed by atoms with van der Waals surface area (Å²) in [5.74, 6) is -0.454. The van der Waals surface area contributed by atoms with Gasteiger partial charge in [-0.2, -0.15) is 18.4 Å². The highest BCUT2D eigenvalue weighted by atomic mass is 32.2. The molecule has 1 aromatic rings. The van der Waals surface area contributed by atoms with Crippen LogP contribution in [0.2, 0.25) is 0 Å². The number of halogens is 3. The Balaban J connectivity index is 3.48. The van der Waals surface area contributed by atoms with E-state index >= 15 is 0 Å². The Kier molecular flexibility index (Phi) is 3.04. The molecule has 0 radical (unpaired) electrons. The lowest BCUT2D eigenvalue weighted by atomic mass is 10.2. The van der Waals surface area contributed by atoms with Gasteiger partial charge in [-0.15, -0.1) is 0 Å². The van der Waals surface area contributed by atoms with E-state index in [2.05, 4.69) is 9.97 Å². The maximum Gasteiger partial charge on any atom is 0.434 e. The highest BCUT2D eigenvalue weighted by Crippen LogP contribution is 2.32. The Morgan fingerprint density at radius 1 is 1.40 bits per heavy atom. The third kappa shape index (κ3) is 2.30. The number of hydrogen-bond donors (Lipinski definition) is 1. The van der Waals surface area contributed by atoms with Crippen molar-refractivity contribution in [1.29, 1.82) is 5.26 Å². The van der Waals surface area contributed by atoms with E-state index in [4.69, 9.17) is 11.0 Å². The summed E-state index contributed by atoms with van der Waals surface area (Å²) in [6.07, 6.45) is -3.19. The molecule has 0 aromatic carbocycles. The zero-order valence-corrected chi connectivity index (χ0v) is 8.28. The molecule has 1 heterocycles. The summed E-state index contributed by atoms with van der Waals surface area (Å²) >= 11 is 0.921. The molecule has 0 saturated carbocycles. The van der Waals surface area contributed by atoms with Crippen LogP contribution in [0.25, 0.3) is 0 Å². The summed E-state index contributed by atoms with van der Waals surface area (Å²) in [4.78, 5) is 6.76. The number of nitrogens with zero attached hydrogens (tertiary/aromatic N) is 3. The van der Waals surface area contributed by atoms with E-state index in [0.29, 0.717) is 0 Å². The molecular formula is C7H5F3N4S. The quantitative estimate of drug-likeness (QED) is 0.590. The molecule has 0 bridgehead atoms. The van der Waals surface area contributed by atoms with Crippen molar-refractivity contribution < 1.29 is 13.2 Å². The lowest BCUT2D eigenvalue weighted by molar-refractivity contribution is -0.141. The van der Waals surface area contributed by atoms with Gasteiger partial charge in [-0.1, -0.05) is 11.8 Å². The highest BCUT2D eigenvalue weighted by Gasteiger charge is 2.37. The van der Waals surface area contributed by atoms with Gasteiger partial charge in [-0.05, 0) is 6.26 Å². The van der Waals surface area contributed by atoms with Crippen molar-refractivity contribution in [2.45, 2.75) is 11.3 Å². The lowest BCUT2D eigenvalue weighted by Gasteiger charge is -2.09. The van der Waals surface area contributed by atoms with Crippen molar-refractivity contribution in [3.05, 3.63) is 11.3 Å². The van der Waals surface area contributed by atoms with Crippen molar-refractivity contribution in [3.8, 4) is 6.07 Å². The van der Waals surface area contributed by atoms with Crippen molar-refractivity contribution in [2.75, 3.05) is 12.0 Å². The number of nitriles is 1. The minimum absolute atomic E-state index is 0.112. The van der Waals surface area contributed by atoms with Crippen molar-refractivity contribution in [2.24, 2.45) is 0 Å². The number of anilines is 1. The summed E-state index contributed by atoms with van der Waals surface area (Å²) < 4.78 is 37.3. The highest BCUT2D eigenvalue weighted by molar-refractivity contribution is 7.98. The SMILES string of the molecule is CSc1nc(N)c(C#N)c(C(F)(F)F)n1. The van der Waals surface area contributed by atoms with E-state index in [-0.39, 0.29) is 5.16 Å². The molecule has 0 aliphatic carbocycles. The van der Waals surface area contributed by atoms with E-state index in [1.54, 1.807) is 0 Å². The Bertz CT molecular complexity index is 423. The molecule has 0 aliphatic rings. The van der Waals surface area contributed by atoms with Crippen LogP contribution in [0, 0.1) is 11.3 Å². The van der Waals surface area contributed by atoms with E-state index in [9.17, 15) is 13.2 Å². The van der Waals surface area contributed by atoms with Crippen molar-refractivity contribution in [3.63, 3.8) is 0 Å². The zero-order valence-electron chi connectivity index (χ0n) is 7.46. The molecule has 0 saturated heterocycles. The van der Waals surface area contributed by atoms with Crippen LogP contribution in [-0.4, -0.2) is 16.2 Å². The van der Waals surface area contributed by atoms with Crippen LogP contribution < -0.4 is 5.73 Å². The Morgan fingerprint density at radius 2 is 2.00 bits per heavy atom. The largest absolute Gasteiger partial charge is 0.434 e. The molecule has 0 atom stereocenters. The van der Waals surface area contributed by atoms with E-state index < -0.39 is 23.3 Å². The zero-order chi connectivity index (χ0) is 11.6. The van der Waals surface area contributed by atoms with Gasteiger partial charge in [-0.3, -0.25) is 0 Å². The molecule has 1 aromatic heterocycles. The second-order valence-electron chi connectivity index (χ2n) is 2.43. The number of nitrogen functional groups attached to an aromatic ring is 1. The van der Waals surface area contributed by atoms with E-state index in [1.807, 2.05) is 0 Å². The van der Waals surface area contributed by atoms with Crippen LogP contribution in [0.4, 0.5) is 19.0 Å². The molecule has 2 N–H and O–H groups in total. The molecule has 0 fully saturated rings. The number of alkyl halides is 3. The van der Waals surface area contributed by atoms with Gasteiger partial charge in [0.2, 0.25) is 0 Å². The number of nitrogens with two attached hydrogens (primary N) is 1. The molecule has 0 unspecified atom stereocenters. The standard InChI is InChI=1S/C7H5F3N4S/c1-15-6-13-4(7(8,9)10)3(2-11)5(12)14-6/h1H3,(H2,12,13,14). The average molecular weight is 234 g/mol. The Labute approximate surface area is 87.3 Å². The first-order chi connectivity index (χ1) is 6.90. The normalized spacial score (nSPS) is 11.1. The van der Waals surface area contributed by atoms with E-state index in [0.717, 1.165) is 11.8 Å². The van der Waals surface area contributed by atoms with Gasteiger partial charge in [0.25, 0.3) is 0 Å². The molecule has 0 spiro atoms. The number of hydrogen-bond acceptors (Lipinski definition) is 5. The molecule has 0 aliphatic heterocycles. The van der Waals surface area contributed by atoms with Gasteiger partial charge in [0.1, 0.15) is 17.5 Å². The minimum atomic E-state index is -4.70. The number of thioether (sulfide) groups is 1. The Morgan fingerprint density at radius 3 is 2.40 bits per heavy atom. The molecule has 0 amide bonds. The minimum Gasteiger partial charge on any atom is -0.382 e. The van der Waals surface area contributed by atoms with Crippen molar-refractivity contribution in [1.82, 2.24) is 9.97 Å². The van der Waals surface area contributed by atoms with Crippen molar-refractivity contribution >= 4 is 17.6 Å². The molecule has 4 nitrogen and oxygen atoms in total. The topological polar surface area (TPSA) is 75.6 Å². The fourth-order valence-corrected chi connectivity index (χ4v) is 1.24. The predicted molar refractivity (Wildman–Crippen MR) is 47.9 cm³/mol. The maximum absolute atomic E-state index is 12.4. The molecule has 15 heavy (non-hydrogen) atoms. The first kappa shape index (κ1) is 11.6. The third-order valence-electron chi connectivity index (χ3n) is 1.48. The summed E-state index contributed by atoms with van der Waals surface area (Å²) in [7, 11) is 0. The van der Waals surface area contributed by atoms with Gasteiger partial charge in [0.15, 0.2) is 10.9 Å². The van der Waals surface area contributed by atoms with E-state index in [1.165, 1.54) is 12.3 Å². The van der Waals surface area contributed by atoms with Gasteiger partial charge in [0, 0.05) is 0 Å². The summed E-state index contributed by atoms with van der Waals surface area (Å²) in [6, 6.07) is 1.34. The summed E-state index contributed by atoms with van der Waals surface area (Å²) in [6.45, 7) is 0. The molecule has 80 valence electrons. The van der Waals surface area contributed by atoms with Crippen LogP contribution >= 0.6 is 11.8 Å². The van der Waals surface area contributed by atoms with Gasteiger partial charge >= 0.3 is 6.18 Å². The molecule has 8 heteroatoms. The fourth-order valence-electron chi connectivity index (χ4n) is 0.863. The average Bonchev–Trinajstić information content (AvgIpc) is 2.15. The summed E-state index contributed by atoms with van der Waals surface area (Å²) in [5.41, 5.74) is 3.19. The Hall–Kier alpha value is -1.49. The molecule has 1 rings (SSSR count). The second-order valence-corrected chi connectivity index (χ2v) is 3.20. The van der Waals surface area contributed by atoms with Crippen LogP contribution in [-0.2, 0) is 6.18 Å². The first-order valence-corrected chi connectivity index (χ1v) is 4.81.